The zero-order valence-corrected chi connectivity index (χ0v) is 25.7. The van der Waals surface area contributed by atoms with Crippen molar-refractivity contribution in [2.45, 2.75) is 90.7 Å². The van der Waals surface area contributed by atoms with Gasteiger partial charge in [-0.1, -0.05) is 31.4 Å². The smallest absolute Gasteiger partial charge is 0.414 e. The Morgan fingerprint density at radius 2 is 1.87 bits per heavy atom. The molecule has 1 atom stereocenters. The van der Waals surface area contributed by atoms with Gasteiger partial charge in [0.05, 0.1) is 11.0 Å². The SMILES string of the molecule is Cc1cc(N(C)C(=O)OC(C)(C)C)cc(Cl)c1CCS(=O)N1CCC2(CC1)N=C(C1CCC(C)CC1)NC2=O. The minimum Gasteiger partial charge on any atom is -0.443 e. The summed E-state index contributed by atoms with van der Waals surface area (Å²) in [5.41, 5.74) is 1.22. The van der Waals surface area contributed by atoms with Gasteiger partial charge in [-0.15, -0.1) is 0 Å². The molecule has 1 saturated carbocycles. The van der Waals surface area contributed by atoms with Crippen molar-refractivity contribution in [3.8, 4) is 0 Å². The molecule has 1 N–H and O–H groups in total. The number of hydrogen-bond donors (Lipinski definition) is 1. The molecule has 39 heavy (non-hydrogen) atoms. The molecule has 216 valence electrons. The highest BCUT2D eigenvalue weighted by Gasteiger charge is 2.47. The van der Waals surface area contributed by atoms with E-state index < -0.39 is 28.2 Å². The molecular weight excluding hydrogens is 536 g/mol. The summed E-state index contributed by atoms with van der Waals surface area (Å²) in [6.45, 7) is 10.9. The number of hydrogen-bond acceptors (Lipinski definition) is 5. The van der Waals surface area contributed by atoms with Crippen LogP contribution in [0.5, 0.6) is 0 Å². The number of benzene rings is 1. The second kappa shape index (κ2) is 11.9. The molecule has 2 amide bonds. The molecule has 1 spiro atoms. The standard InChI is InChI=1S/C29H43ClN4O4S/c1-19-7-9-21(10-8-19)25-31-26(35)29(32-25)12-14-34(15-13-29)39(37)16-11-23-20(2)17-22(18-24(23)30)33(6)27(36)38-28(3,4)5/h17-19,21H,7-16H2,1-6H3,(H,31,32,35). The summed E-state index contributed by atoms with van der Waals surface area (Å²) in [5, 5.41) is 3.64. The summed E-state index contributed by atoms with van der Waals surface area (Å²) in [5.74, 6) is 2.45. The number of rotatable bonds is 6. The summed E-state index contributed by atoms with van der Waals surface area (Å²) in [6, 6.07) is 3.66. The number of nitrogens with zero attached hydrogens (tertiary/aromatic N) is 3. The maximum atomic E-state index is 13.2. The van der Waals surface area contributed by atoms with Crippen molar-refractivity contribution in [1.29, 1.82) is 0 Å². The number of aryl methyl sites for hydroxylation is 1. The van der Waals surface area contributed by atoms with E-state index in [4.69, 9.17) is 21.3 Å². The molecule has 8 nitrogen and oxygen atoms in total. The molecule has 2 aliphatic heterocycles. The van der Waals surface area contributed by atoms with E-state index in [1.54, 1.807) is 13.1 Å². The lowest BCUT2D eigenvalue weighted by molar-refractivity contribution is -0.124. The number of amidine groups is 1. The molecule has 10 heteroatoms. The van der Waals surface area contributed by atoms with E-state index in [9.17, 15) is 13.8 Å². The Hall–Kier alpha value is -1.97. The topological polar surface area (TPSA) is 91.3 Å². The molecule has 3 aliphatic rings. The molecule has 1 aromatic rings. The molecule has 2 heterocycles. The molecular formula is C29H43ClN4O4S. The number of anilines is 1. The Morgan fingerprint density at radius 1 is 1.23 bits per heavy atom. The van der Waals surface area contributed by atoms with Crippen LogP contribution in [0, 0.1) is 18.8 Å². The van der Waals surface area contributed by atoms with E-state index in [0.717, 1.165) is 35.7 Å². The second-order valence-corrected chi connectivity index (χ2v) is 14.4. The zero-order valence-electron chi connectivity index (χ0n) is 24.1. The third kappa shape index (κ3) is 7.03. The number of ether oxygens (including phenoxy) is 1. The lowest BCUT2D eigenvalue weighted by Gasteiger charge is -2.34. The summed E-state index contributed by atoms with van der Waals surface area (Å²) < 4.78 is 20.6. The fourth-order valence-electron chi connectivity index (χ4n) is 5.69. The predicted octanol–water partition coefficient (Wildman–Crippen LogP) is 5.42. The Bertz CT molecular complexity index is 1130. The average molecular weight is 579 g/mol. The highest BCUT2D eigenvalue weighted by molar-refractivity contribution is 7.82. The van der Waals surface area contributed by atoms with Gasteiger partial charge in [-0.2, -0.15) is 0 Å². The van der Waals surface area contributed by atoms with E-state index in [0.29, 0.717) is 54.7 Å². The van der Waals surface area contributed by atoms with E-state index in [2.05, 4.69) is 12.2 Å². The van der Waals surface area contributed by atoms with E-state index in [1.807, 2.05) is 38.1 Å². The van der Waals surface area contributed by atoms with Crippen LogP contribution in [-0.4, -0.2) is 63.4 Å². The van der Waals surface area contributed by atoms with Crippen LogP contribution in [0.25, 0.3) is 0 Å². The molecule has 4 rings (SSSR count). The Balaban J connectivity index is 1.32. The summed E-state index contributed by atoms with van der Waals surface area (Å²) in [6.07, 6.45) is 5.83. The van der Waals surface area contributed by atoms with Gasteiger partial charge in [-0.3, -0.25) is 14.7 Å². The first-order valence-electron chi connectivity index (χ1n) is 14.1. The number of halogens is 1. The van der Waals surface area contributed by atoms with E-state index >= 15 is 0 Å². The first kappa shape index (κ1) is 30.0. The van der Waals surface area contributed by atoms with Gasteiger partial charge in [-0.25, -0.2) is 13.3 Å². The van der Waals surface area contributed by atoms with Crippen LogP contribution in [0.15, 0.2) is 17.1 Å². The van der Waals surface area contributed by atoms with Crippen molar-refractivity contribution in [3.05, 3.63) is 28.3 Å². The number of carbonyl (C=O) groups is 2. The zero-order chi connectivity index (χ0) is 28.5. The number of amides is 2. The lowest BCUT2D eigenvalue weighted by Crippen LogP contribution is -2.49. The van der Waals surface area contributed by atoms with Crippen molar-refractivity contribution in [3.63, 3.8) is 0 Å². The fourth-order valence-corrected chi connectivity index (χ4v) is 7.27. The Morgan fingerprint density at radius 3 is 2.46 bits per heavy atom. The van der Waals surface area contributed by atoms with Crippen LogP contribution >= 0.6 is 11.6 Å². The van der Waals surface area contributed by atoms with Crippen LogP contribution in [0.3, 0.4) is 0 Å². The molecule has 1 aliphatic carbocycles. The maximum Gasteiger partial charge on any atom is 0.414 e. The van der Waals surface area contributed by atoms with Gasteiger partial charge in [0.2, 0.25) is 0 Å². The average Bonchev–Trinajstić information content (AvgIpc) is 3.17. The molecule has 0 radical (unpaired) electrons. The van der Waals surface area contributed by atoms with Crippen LogP contribution in [0.4, 0.5) is 10.5 Å². The minimum atomic E-state index is -1.19. The molecule has 1 aromatic carbocycles. The van der Waals surface area contributed by atoms with Crippen molar-refractivity contribution in [2.75, 3.05) is 30.8 Å². The number of carbonyl (C=O) groups excluding carboxylic acids is 2. The van der Waals surface area contributed by atoms with E-state index in [1.165, 1.54) is 17.7 Å². The number of nitrogens with one attached hydrogen (secondary N) is 1. The summed E-state index contributed by atoms with van der Waals surface area (Å²) in [7, 11) is 0.466. The van der Waals surface area contributed by atoms with Gasteiger partial charge in [0.1, 0.15) is 17.0 Å². The van der Waals surface area contributed by atoms with Crippen molar-refractivity contribution in [1.82, 2.24) is 9.62 Å². The Kier molecular flexibility index (Phi) is 9.13. The third-order valence-electron chi connectivity index (χ3n) is 8.22. The summed E-state index contributed by atoms with van der Waals surface area (Å²) in [4.78, 5) is 31.8. The van der Waals surface area contributed by atoms with Gasteiger partial charge in [0.25, 0.3) is 5.91 Å². The Labute approximate surface area is 240 Å². The third-order valence-corrected chi connectivity index (χ3v) is 10.1. The quantitative estimate of drug-likeness (QED) is 0.488. The van der Waals surface area contributed by atoms with E-state index in [-0.39, 0.29) is 5.91 Å². The molecule has 1 unspecified atom stereocenters. The first-order valence-corrected chi connectivity index (χ1v) is 15.7. The number of piperidine rings is 1. The predicted molar refractivity (Wildman–Crippen MR) is 158 cm³/mol. The van der Waals surface area contributed by atoms with Gasteiger partial charge >= 0.3 is 6.09 Å². The lowest BCUT2D eigenvalue weighted by atomic mass is 9.82. The van der Waals surface area contributed by atoms with Crippen LogP contribution in [-0.2, 0) is 26.9 Å². The van der Waals surface area contributed by atoms with Crippen LogP contribution < -0.4 is 10.2 Å². The minimum absolute atomic E-state index is 0.0143. The van der Waals surface area contributed by atoms with Crippen molar-refractivity contribution < 1.29 is 18.5 Å². The van der Waals surface area contributed by atoms with Gasteiger partial charge in [-0.05, 0) is 89.0 Å². The largest absolute Gasteiger partial charge is 0.443 e. The highest BCUT2D eigenvalue weighted by Crippen LogP contribution is 2.36. The molecule has 2 fully saturated rings. The first-order chi connectivity index (χ1) is 18.3. The maximum absolute atomic E-state index is 13.2. The molecule has 0 aromatic heterocycles. The van der Waals surface area contributed by atoms with Crippen LogP contribution in [0.1, 0.15) is 77.3 Å². The summed E-state index contributed by atoms with van der Waals surface area (Å²) >= 11 is 6.62. The van der Waals surface area contributed by atoms with Crippen molar-refractivity contribution >= 4 is 46.1 Å². The number of aliphatic imine (C=N–C) groups is 1. The van der Waals surface area contributed by atoms with Gasteiger partial charge < -0.3 is 10.1 Å². The molecule has 1 saturated heterocycles. The monoisotopic (exact) mass is 578 g/mol. The van der Waals surface area contributed by atoms with Crippen LogP contribution in [0.2, 0.25) is 5.02 Å². The fraction of sp³-hybridized carbons (Fsp3) is 0.690. The normalized spacial score (nSPS) is 24.3. The highest BCUT2D eigenvalue weighted by atomic mass is 35.5. The van der Waals surface area contributed by atoms with Gasteiger partial charge in [0.15, 0.2) is 0 Å². The molecule has 0 bridgehead atoms. The van der Waals surface area contributed by atoms with Gasteiger partial charge in [0, 0.05) is 42.5 Å². The van der Waals surface area contributed by atoms with Crippen molar-refractivity contribution in [2.24, 2.45) is 16.8 Å². The second-order valence-electron chi connectivity index (χ2n) is 12.4.